The quantitative estimate of drug-likeness (QED) is 0.293. The van der Waals surface area contributed by atoms with Crippen molar-refractivity contribution >= 4 is 27.0 Å². The number of ether oxygens (including phenoxy) is 1. The molecule has 8 nitrogen and oxygen atoms in total. The molecule has 3 aromatic rings. The summed E-state index contributed by atoms with van der Waals surface area (Å²) in [6, 6.07) is 8.22. The van der Waals surface area contributed by atoms with Crippen LogP contribution in [-0.2, 0) is 26.0 Å². The average molecular weight is 499 g/mol. The van der Waals surface area contributed by atoms with E-state index in [0.29, 0.717) is 12.8 Å². The van der Waals surface area contributed by atoms with Crippen LogP contribution in [0, 0.1) is 12.8 Å². The normalized spacial score (nSPS) is 12.9. The van der Waals surface area contributed by atoms with Gasteiger partial charge in [-0.05, 0) is 43.0 Å². The summed E-state index contributed by atoms with van der Waals surface area (Å²) in [6.07, 6.45) is 4.62. The number of H-pyrrole nitrogens is 1. The van der Waals surface area contributed by atoms with Crippen molar-refractivity contribution in [3.8, 4) is 0 Å². The van der Waals surface area contributed by atoms with E-state index in [1.165, 1.54) is 4.31 Å². The predicted octanol–water partition coefficient (Wildman–Crippen LogP) is 4.40. The first-order chi connectivity index (χ1) is 16.6. The molecule has 0 unspecified atom stereocenters. The minimum absolute atomic E-state index is 0.00869. The lowest BCUT2D eigenvalue weighted by Crippen LogP contribution is -2.44. The minimum Gasteiger partial charge on any atom is -0.464 e. The molecule has 2 heterocycles. The zero-order chi connectivity index (χ0) is 25.6. The van der Waals surface area contributed by atoms with Crippen molar-refractivity contribution in [3.63, 3.8) is 0 Å². The SMILES string of the molecule is C=CCN([C@H](COC(=O)CC)CC(C)C)S(=O)(=O)c1ccc(Cc2nccc3[nH]c(C)nc23)cc1. The number of aromatic nitrogens is 3. The van der Waals surface area contributed by atoms with Gasteiger partial charge in [-0.25, -0.2) is 13.4 Å². The van der Waals surface area contributed by atoms with Gasteiger partial charge in [-0.1, -0.05) is 39.0 Å². The monoisotopic (exact) mass is 498 g/mol. The molecule has 0 radical (unpaired) electrons. The van der Waals surface area contributed by atoms with Crippen molar-refractivity contribution in [3.05, 3.63) is 66.3 Å². The number of hydrogen-bond acceptors (Lipinski definition) is 6. The lowest BCUT2D eigenvalue weighted by atomic mass is 10.0. The van der Waals surface area contributed by atoms with E-state index in [2.05, 4.69) is 21.5 Å². The molecule has 9 heteroatoms. The number of sulfonamides is 1. The number of esters is 1. The molecule has 1 atom stereocenters. The van der Waals surface area contributed by atoms with Crippen molar-refractivity contribution in [2.24, 2.45) is 5.92 Å². The van der Waals surface area contributed by atoms with Crippen LogP contribution in [0.3, 0.4) is 0 Å². The number of nitrogens with one attached hydrogen (secondary N) is 1. The van der Waals surface area contributed by atoms with E-state index >= 15 is 0 Å². The Morgan fingerprint density at radius 2 is 1.94 bits per heavy atom. The molecule has 0 aliphatic heterocycles. The van der Waals surface area contributed by atoms with E-state index in [1.54, 1.807) is 43.5 Å². The number of pyridine rings is 1. The summed E-state index contributed by atoms with van der Waals surface area (Å²) in [4.78, 5) is 24.1. The van der Waals surface area contributed by atoms with E-state index in [-0.39, 0.29) is 36.4 Å². The molecule has 0 saturated heterocycles. The van der Waals surface area contributed by atoms with Gasteiger partial charge in [0.15, 0.2) is 0 Å². The Labute approximate surface area is 207 Å². The number of nitrogens with zero attached hydrogens (tertiary/aromatic N) is 3. The molecule has 0 aliphatic carbocycles. The molecular formula is C26H34N4O4S. The predicted molar refractivity (Wildman–Crippen MR) is 136 cm³/mol. The molecule has 2 aromatic heterocycles. The number of fused-ring (bicyclic) bond motifs is 1. The highest BCUT2D eigenvalue weighted by Crippen LogP contribution is 2.24. The van der Waals surface area contributed by atoms with E-state index in [1.807, 2.05) is 26.8 Å². The standard InChI is InChI=1S/C26H34N4O4S/c1-6-14-30(21(15-18(3)4)17-34-25(31)7-2)35(32,33)22-10-8-20(9-11-22)16-24-26-23(12-13-27-24)28-19(5)29-26/h6,8-13,18,21H,1,7,14-17H2,2-5H3,(H,28,29)/t21-/m0/s1. The first kappa shape index (κ1) is 26.6. The van der Waals surface area contributed by atoms with Crippen LogP contribution < -0.4 is 0 Å². The molecular weight excluding hydrogens is 464 g/mol. The first-order valence-corrected chi connectivity index (χ1v) is 13.3. The third kappa shape index (κ3) is 6.55. The summed E-state index contributed by atoms with van der Waals surface area (Å²) < 4.78 is 34.0. The van der Waals surface area contributed by atoms with Crippen LogP contribution in [0.4, 0.5) is 0 Å². The van der Waals surface area contributed by atoms with Gasteiger partial charge in [0.05, 0.1) is 22.1 Å². The number of carbonyl (C=O) groups is 1. The van der Waals surface area contributed by atoms with Crippen LogP contribution >= 0.6 is 0 Å². The van der Waals surface area contributed by atoms with Gasteiger partial charge >= 0.3 is 5.97 Å². The Hall–Kier alpha value is -3.04. The van der Waals surface area contributed by atoms with Gasteiger partial charge in [0.25, 0.3) is 0 Å². The maximum Gasteiger partial charge on any atom is 0.305 e. The summed E-state index contributed by atoms with van der Waals surface area (Å²) >= 11 is 0. The van der Waals surface area contributed by atoms with Crippen LogP contribution in [0.25, 0.3) is 11.0 Å². The Bertz CT molecular complexity index is 1270. The van der Waals surface area contributed by atoms with Crippen LogP contribution in [0.1, 0.15) is 50.7 Å². The third-order valence-corrected chi connectivity index (χ3v) is 7.61. The van der Waals surface area contributed by atoms with E-state index < -0.39 is 16.1 Å². The molecule has 188 valence electrons. The summed E-state index contributed by atoms with van der Waals surface area (Å²) in [5, 5.41) is 0. The summed E-state index contributed by atoms with van der Waals surface area (Å²) in [5.41, 5.74) is 3.49. The number of carbonyl (C=O) groups excluding carboxylic acids is 1. The fourth-order valence-corrected chi connectivity index (χ4v) is 5.62. The third-order valence-electron chi connectivity index (χ3n) is 5.68. The average Bonchev–Trinajstić information content (AvgIpc) is 3.21. The number of imidazole rings is 1. The fraction of sp³-hybridized carbons (Fsp3) is 0.423. The smallest absolute Gasteiger partial charge is 0.305 e. The molecule has 0 amide bonds. The molecule has 3 rings (SSSR count). The number of aromatic amines is 1. The maximum absolute atomic E-state index is 13.6. The number of rotatable bonds is 12. The van der Waals surface area contributed by atoms with Gasteiger partial charge < -0.3 is 9.72 Å². The highest BCUT2D eigenvalue weighted by atomic mass is 32.2. The maximum atomic E-state index is 13.6. The van der Waals surface area contributed by atoms with E-state index in [0.717, 1.165) is 28.1 Å². The van der Waals surface area contributed by atoms with Gasteiger partial charge in [0, 0.05) is 25.6 Å². The zero-order valence-electron chi connectivity index (χ0n) is 20.8. The van der Waals surface area contributed by atoms with Crippen LogP contribution in [0.2, 0.25) is 0 Å². The van der Waals surface area contributed by atoms with Crippen molar-refractivity contribution in [2.45, 2.75) is 57.9 Å². The van der Waals surface area contributed by atoms with Crippen molar-refractivity contribution in [1.82, 2.24) is 19.3 Å². The highest BCUT2D eigenvalue weighted by molar-refractivity contribution is 7.89. The Morgan fingerprint density at radius 1 is 1.23 bits per heavy atom. The highest BCUT2D eigenvalue weighted by Gasteiger charge is 2.32. The van der Waals surface area contributed by atoms with Crippen molar-refractivity contribution < 1.29 is 17.9 Å². The molecule has 1 N–H and O–H groups in total. The van der Waals surface area contributed by atoms with Gasteiger partial charge in [-0.3, -0.25) is 9.78 Å². The molecule has 35 heavy (non-hydrogen) atoms. The Balaban J connectivity index is 1.86. The molecule has 0 saturated carbocycles. The molecule has 0 fully saturated rings. The minimum atomic E-state index is -3.85. The van der Waals surface area contributed by atoms with Gasteiger partial charge in [-0.2, -0.15) is 4.31 Å². The summed E-state index contributed by atoms with van der Waals surface area (Å²) in [6.45, 7) is 11.5. The molecule has 1 aromatic carbocycles. The largest absolute Gasteiger partial charge is 0.464 e. The Kier molecular flexibility index (Phi) is 8.80. The topological polar surface area (TPSA) is 105 Å². The van der Waals surface area contributed by atoms with Crippen molar-refractivity contribution in [1.29, 1.82) is 0 Å². The lowest BCUT2D eigenvalue weighted by molar-refractivity contribution is -0.144. The fourth-order valence-electron chi connectivity index (χ4n) is 4.03. The van der Waals surface area contributed by atoms with Crippen molar-refractivity contribution in [2.75, 3.05) is 13.2 Å². The van der Waals surface area contributed by atoms with Crippen LogP contribution in [-0.4, -0.2) is 52.8 Å². The van der Waals surface area contributed by atoms with Crippen LogP contribution in [0.5, 0.6) is 0 Å². The summed E-state index contributed by atoms with van der Waals surface area (Å²) in [7, 11) is -3.85. The second-order valence-electron chi connectivity index (χ2n) is 8.98. The molecule has 0 bridgehead atoms. The number of hydrogen-bond donors (Lipinski definition) is 1. The van der Waals surface area contributed by atoms with Gasteiger partial charge in [-0.15, -0.1) is 6.58 Å². The first-order valence-electron chi connectivity index (χ1n) is 11.8. The van der Waals surface area contributed by atoms with Gasteiger partial charge in [0.1, 0.15) is 17.9 Å². The molecule has 0 aliphatic rings. The van der Waals surface area contributed by atoms with E-state index in [4.69, 9.17) is 4.74 Å². The number of aryl methyl sites for hydroxylation is 1. The van der Waals surface area contributed by atoms with E-state index in [9.17, 15) is 13.2 Å². The Morgan fingerprint density at radius 3 is 2.57 bits per heavy atom. The number of benzene rings is 1. The second-order valence-corrected chi connectivity index (χ2v) is 10.9. The van der Waals surface area contributed by atoms with Crippen LogP contribution in [0.15, 0.2) is 54.1 Å². The zero-order valence-corrected chi connectivity index (χ0v) is 21.6. The lowest BCUT2D eigenvalue weighted by Gasteiger charge is -2.31. The molecule has 0 spiro atoms. The van der Waals surface area contributed by atoms with Gasteiger partial charge in [0.2, 0.25) is 10.0 Å². The second kappa shape index (κ2) is 11.6. The summed E-state index contributed by atoms with van der Waals surface area (Å²) in [5.74, 6) is 0.680.